The van der Waals surface area contributed by atoms with Crippen LogP contribution in [0, 0.1) is 0 Å². The van der Waals surface area contributed by atoms with E-state index in [9.17, 15) is 14.4 Å². The molecule has 0 spiro atoms. The van der Waals surface area contributed by atoms with E-state index in [0.29, 0.717) is 19.3 Å². The van der Waals surface area contributed by atoms with Gasteiger partial charge in [0, 0.05) is 19.3 Å². The van der Waals surface area contributed by atoms with E-state index in [0.717, 1.165) is 116 Å². The second-order valence-corrected chi connectivity index (χ2v) is 17.4. The lowest BCUT2D eigenvalue weighted by molar-refractivity contribution is -0.166. The van der Waals surface area contributed by atoms with Gasteiger partial charge in [0.2, 0.25) is 0 Å². The normalized spacial score (nSPS) is 13.1. The van der Waals surface area contributed by atoms with Crippen molar-refractivity contribution in [2.24, 2.45) is 0 Å². The smallest absolute Gasteiger partial charge is 0.306 e. The number of carbonyl (C=O) groups is 3. The summed E-state index contributed by atoms with van der Waals surface area (Å²) in [5.74, 6) is -1.02. The van der Waals surface area contributed by atoms with E-state index in [1.54, 1.807) is 0 Å². The number of hydrogen-bond donors (Lipinski definition) is 0. The second-order valence-electron chi connectivity index (χ2n) is 17.4. The lowest BCUT2D eigenvalue weighted by Gasteiger charge is -2.18. The van der Waals surface area contributed by atoms with Crippen LogP contribution in [0.3, 0.4) is 0 Å². The first kappa shape index (κ1) is 62.8. The summed E-state index contributed by atoms with van der Waals surface area (Å²) in [4.78, 5) is 38.0. The number of carbonyl (C=O) groups excluding carboxylic acids is 3. The van der Waals surface area contributed by atoms with Crippen molar-refractivity contribution < 1.29 is 28.6 Å². The molecule has 0 aromatic heterocycles. The molecular formula is C61H98O6. The number of allylic oxidation sites excluding steroid dienone is 20. The second kappa shape index (κ2) is 54.4. The molecule has 0 N–H and O–H groups in total. The minimum atomic E-state index is -0.818. The average Bonchev–Trinajstić information content (AvgIpc) is 3.33. The van der Waals surface area contributed by atoms with Gasteiger partial charge in [0.05, 0.1) is 0 Å². The van der Waals surface area contributed by atoms with Gasteiger partial charge in [-0.1, -0.05) is 219 Å². The van der Waals surface area contributed by atoms with Crippen LogP contribution in [0.15, 0.2) is 122 Å². The zero-order valence-electron chi connectivity index (χ0n) is 43.1. The maximum Gasteiger partial charge on any atom is 0.306 e. The lowest BCUT2D eigenvalue weighted by atomic mass is 10.1. The summed E-state index contributed by atoms with van der Waals surface area (Å²) in [6.45, 7) is 6.29. The molecule has 0 fully saturated rings. The number of hydrogen-bond acceptors (Lipinski definition) is 6. The first-order valence-electron chi connectivity index (χ1n) is 27.0. The highest BCUT2D eigenvalue weighted by atomic mass is 16.6. The van der Waals surface area contributed by atoms with Gasteiger partial charge < -0.3 is 14.2 Å². The van der Waals surface area contributed by atoms with Crippen molar-refractivity contribution in [3.05, 3.63) is 122 Å². The van der Waals surface area contributed by atoms with Gasteiger partial charge in [-0.3, -0.25) is 14.4 Å². The van der Waals surface area contributed by atoms with E-state index in [-0.39, 0.29) is 37.5 Å². The van der Waals surface area contributed by atoms with Gasteiger partial charge in [-0.05, 0) is 109 Å². The molecule has 1 unspecified atom stereocenters. The number of unbranched alkanes of at least 4 members (excludes halogenated alkanes) is 16. The molecule has 0 aromatic carbocycles. The van der Waals surface area contributed by atoms with Gasteiger partial charge in [-0.15, -0.1) is 0 Å². The van der Waals surface area contributed by atoms with Gasteiger partial charge in [0.1, 0.15) is 13.2 Å². The fourth-order valence-electron chi connectivity index (χ4n) is 6.93. The van der Waals surface area contributed by atoms with Crippen LogP contribution in [0.25, 0.3) is 0 Å². The SMILES string of the molecule is CC/C=C\C/C=C\C/C=C\C/C=C\C/C=C\C/C=C\CCC(=O)OCC(COC(=O)CCCCCCC/C=C\CCCC)OC(=O)CCCCCCCCCCC/C=C\C/C=C\C/C=C\CC. The van der Waals surface area contributed by atoms with Crippen LogP contribution in [0.4, 0.5) is 0 Å². The van der Waals surface area contributed by atoms with Crippen molar-refractivity contribution in [1.29, 1.82) is 0 Å². The Morgan fingerprint density at radius 3 is 1.01 bits per heavy atom. The molecule has 0 rings (SSSR count). The largest absolute Gasteiger partial charge is 0.462 e. The molecule has 0 aliphatic carbocycles. The highest BCUT2D eigenvalue weighted by Crippen LogP contribution is 2.14. The molecule has 0 aliphatic rings. The van der Waals surface area contributed by atoms with Gasteiger partial charge >= 0.3 is 17.9 Å². The van der Waals surface area contributed by atoms with Crippen LogP contribution in [-0.2, 0) is 28.6 Å². The predicted molar refractivity (Wildman–Crippen MR) is 288 cm³/mol. The summed E-state index contributed by atoms with van der Waals surface area (Å²) < 4.78 is 16.7. The molecule has 0 saturated carbocycles. The maximum absolute atomic E-state index is 12.8. The van der Waals surface area contributed by atoms with E-state index in [1.807, 2.05) is 6.08 Å². The molecule has 0 heterocycles. The topological polar surface area (TPSA) is 78.9 Å². The van der Waals surface area contributed by atoms with Gasteiger partial charge in [0.15, 0.2) is 6.10 Å². The fourth-order valence-corrected chi connectivity index (χ4v) is 6.93. The molecule has 0 amide bonds. The number of ether oxygens (including phenoxy) is 3. The van der Waals surface area contributed by atoms with Crippen molar-refractivity contribution in [3.8, 4) is 0 Å². The van der Waals surface area contributed by atoms with Crippen LogP contribution < -0.4 is 0 Å². The van der Waals surface area contributed by atoms with E-state index in [2.05, 4.69) is 136 Å². The Hall–Kier alpha value is -4.19. The first-order valence-corrected chi connectivity index (χ1v) is 27.0. The van der Waals surface area contributed by atoms with Crippen LogP contribution in [0.2, 0.25) is 0 Å². The van der Waals surface area contributed by atoms with Crippen molar-refractivity contribution in [2.75, 3.05) is 13.2 Å². The lowest BCUT2D eigenvalue weighted by Crippen LogP contribution is -2.30. The summed E-state index contributed by atoms with van der Waals surface area (Å²) in [5.41, 5.74) is 0. The van der Waals surface area contributed by atoms with E-state index in [1.165, 1.54) is 64.2 Å². The molecule has 6 heteroatoms. The molecule has 378 valence electrons. The van der Waals surface area contributed by atoms with E-state index >= 15 is 0 Å². The molecule has 0 aliphatic heterocycles. The predicted octanol–water partition coefficient (Wildman–Crippen LogP) is 18.1. The van der Waals surface area contributed by atoms with Crippen molar-refractivity contribution >= 4 is 17.9 Å². The molecule has 1 atom stereocenters. The monoisotopic (exact) mass is 927 g/mol. The van der Waals surface area contributed by atoms with Crippen LogP contribution in [0.5, 0.6) is 0 Å². The Bertz CT molecular complexity index is 1440. The van der Waals surface area contributed by atoms with Crippen molar-refractivity contribution in [1.82, 2.24) is 0 Å². The fraction of sp³-hybridized carbons (Fsp3) is 0.623. The minimum Gasteiger partial charge on any atom is -0.462 e. The Balaban J connectivity index is 4.49. The maximum atomic E-state index is 12.8. The molecule has 0 saturated heterocycles. The number of esters is 3. The van der Waals surface area contributed by atoms with Crippen molar-refractivity contribution in [3.63, 3.8) is 0 Å². The molecule has 0 radical (unpaired) electrons. The standard InChI is InChI=1S/C61H98O6/c1-4-7-10-13-16-19-22-24-26-28-30-32-34-36-39-42-45-48-51-54-60(63)66-57-58(56-65-59(62)53-50-47-44-41-38-21-18-15-12-9-6-3)67-61(64)55-52-49-46-43-40-37-35-33-31-29-27-25-23-20-17-14-11-8-5-2/h7-8,10-11,15-20,24-27,30,32,36,39,45,48,58H,4-6,9,12-14,21-23,28-29,31,33-35,37-38,40-44,46-47,49-57H2,1-3H3/b10-7-,11-8-,18-15-,19-16-,20-17-,26-24-,27-25-,32-30-,39-36-,48-45-. The Morgan fingerprint density at radius 1 is 0.313 bits per heavy atom. The van der Waals surface area contributed by atoms with Gasteiger partial charge in [0.25, 0.3) is 0 Å². The number of rotatable bonds is 47. The molecule has 0 bridgehead atoms. The Labute approximate surface area is 412 Å². The Morgan fingerprint density at radius 2 is 0.612 bits per heavy atom. The molecule has 67 heavy (non-hydrogen) atoms. The Kier molecular flexibility index (Phi) is 51.0. The highest BCUT2D eigenvalue weighted by Gasteiger charge is 2.19. The summed E-state index contributed by atoms with van der Waals surface area (Å²) in [5, 5.41) is 0. The van der Waals surface area contributed by atoms with Gasteiger partial charge in [-0.25, -0.2) is 0 Å². The first-order chi connectivity index (χ1) is 33.0. The third-order valence-corrected chi connectivity index (χ3v) is 10.9. The zero-order valence-corrected chi connectivity index (χ0v) is 43.1. The van der Waals surface area contributed by atoms with Crippen LogP contribution in [0.1, 0.15) is 226 Å². The summed E-state index contributed by atoms with van der Waals surface area (Å²) >= 11 is 0. The van der Waals surface area contributed by atoms with Gasteiger partial charge in [-0.2, -0.15) is 0 Å². The average molecular weight is 927 g/mol. The molecule has 6 nitrogen and oxygen atoms in total. The van der Waals surface area contributed by atoms with E-state index in [4.69, 9.17) is 14.2 Å². The summed E-state index contributed by atoms with van der Waals surface area (Å²) in [6.07, 6.45) is 74.8. The third kappa shape index (κ3) is 52.6. The minimum absolute atomic E-state index is 0.111. The third-order valence-electron chi connectivity index (χ3n) is 10.9. The quantitative estimate of drug-likeness (QED) is 0.0262. The van der Waals surface area contributed by atoms with Crippen LogP contribution >= 0.6 is 0 Å². The van der Waals surface area contributed by atoms with Crippen LogP contribution in [-0.4, -0.2) is 37.2 Å². The molecular weight excluding hydrogens is 829 g/mol. The highest BCUT2D eigenvalue weighted by molar-refractivity contribution is 5.71. The summed E-state index contributed by atoms with van der Waals surface area (Å²) in [7, 11) is 0. The van der Waals surface area contributed by atoms with Crippen molar-refractivity contribution in [2.45, 2.75) is 232 Å². The molecule has 0 aromatic rings. The summed E-state index contributed by atoms with van der Waals surface area (Å²) in [6, 6.07) is 0. The van der Waals surface area contributed by atoms with E-state index < -0.39 is 6.10 Å². The zero-order chi connectivity index (χ0) is 48.6.